The second-order valence-electron chi connectivity index (χ2n) is 5.44. The van der Waals surface area contributed by atoms with E-state index in [1.165, 1.54) is 18.2 Å². The number of para-hydroxylation sites is 1. The molecule has 0 heterocycles. The number of hydrogen-bond donors (Lipinski definition) is 2. The average molecular weight is 368 g/mol. The molecular formula is C19H14ClN3O3. The molecule has 0 fully saturated rings. The zero-order valence-electron chi connectivity index (χ0n) is 13.5. The molecule has 0 saturated heterocycles. The van der Waals surface area contributed by atoms with Crippen molar-refractivity contribution in [2.75, 3.05) is 10.6 Å². The number of nitro groups is 1. The predicted molar refractivity (Wildman–Crippen MR) is 102 cm³/mol. The Labute approximate surface area is 154 Å². The third-order valence-corrected chi connectivity index (χ3v) is 3.82. The van der Waals surface area contributed by atoms with Crippen molar-refractivity contribution in [2.24, 2.45) is 0 Å². The van der Waals surface area contributed by atoms with E-state index in [9.17, 15) is 14.9 Å². The molecule has 0 spiro atoms. The number of rotatable bonds is 5. The molecular weight excluding hydrogens is 354 g/mol. The van der Waals surface area contributed by atoms with E-state index in [0.717, 1.165) is 11.4 Å². The molecule has 3 aromatic carbocycles. The maximum atomic E-state index is 12.5. The number of hydrogen-bond acceptors (Lipinski definition) is 4. The third kappa shape index (κ3) is 4.17. The lowest BCUT2D eigenvalue weighted by Crippen LogP contribution is -2.14. The van der Waals surface area contributed by atoms with Crippen molar-refractivity contribution >= 4 is 40.3 Å². The summed E-state index contributed by atoms with van der Waals surface area (Å²) in [7, 11) is 0. The van der Waals surface area contributed by atoms with Gasteiger partial charge in [0.1, 0.15) is 5.56 Å². The van der Waals surface area contributed by atoms with Crippen LogP contribution in [-0.4, -0.2) is 10.8 Å². The number of benzene rings is 3. The van der Waals surface area contributed by atoms with Crippen molar-refractivity contribution in [3.63, 3.8) is 0 Å². The van der Waals surface area contributed by atoms with Crippen LogP contribution in [0.4, 0.5) is 22.7 Å². The summed E-state index contributed by atoms with van der Waals surface area (Å²) < 4.78 is 0. The first-order valence-electron chi connectivity index (χ1n) is 7.70. The van der Waals surface area contributed by atoms with Gasteiger partial charge in [0, 0.05) is 28.2 Å². The van der Waals surface area contributed by atoms with Crippen LogP contribution in [0.15, 0.2) is 72.8 Å². The van der Waals surface area contributed by atoms with Gasteiger partial charge in [0.2, 0.25) is 0 Å². The second kappa shape index (κ2) is 7.67. The smallest absolute Gasteiger partial charge is 0.282 e. The second-order valence-corrected chi connectivity index (χ2v) is 5.88. The van der Waals surface area contributed by atoms with Gasteiger partial charge in [-0.2, -0.15) is 0 Å². The van der Waals surface area contributed by atoms with E-state index in [-0.39, 0.29) is 16.3 Å². The molecule has 0 radical (unpaired) electrons. The van der Waals surface area contributed by atoms with Gasteiger partial charge in [0.15, 0.2) is 0 Å². The number of nitrogens with one attached hydrogen (secondary N) is 2. The fourth-order valence-electron chi connectivity index (χ4n) is 2.41. The molecule has 2 N–H and O–H groups in total. The first-order valence-corrected chi connectivity index (χ1v) is 8.08. The highest BCUT2D eigenvalue weighted by Gasteiger charge is 2.20. The van der Waals surface area contributed by atoms with Gasteiger partial charge >= 0.3 is 0 Å². The average Bonchev–Trinajstić information content (AvgIpc) is 2.62. The summed E-state index contributed by atoms with van der Waals surface area (Å²) in [4.78, 5) is 23.0. The van der Waals surface area contributed by atoms with Crippen LogP contribution in [-0.2, 0) is 0 Å². The Morgan fingerprint density at radius 2 is 1.58 bits per heavy atom. The Kier molecular flexibility index (Phi) is 5.15. The van der Waals surface area contributed by atoms with Crippen molar-refractivity contribution in [1.29, 1.82) is 0 Å². The van der Waals surface area contributed by atoms with Gasteiger partial charge in [-0.25, -0.2) is 0 Å². The predicted octanol–water partition coefficient (Wildman–Crippen LogP) is 5.24. The van der Waals surface area contributed by atoms with Gasteiger partial charge in [-0.3, -0.25) is 14.9 Å². The lowest BCUT2D eigenvalue weighted by atomic mass is 10.1. The van der Waals surface area contributed by atoms with Crippen molar-refractivity contribution in [1.82, 2.24) is 0 Å². The minimum Gasteiger partial charge on any atom is -0.355 e. The third-order valence-electron chi connectivity index (χ3n) is 3.58. The standard InChI is InChI=1S/C19H14ClN3O3/c20-13-9-10-18(23(25)26)17(11-13)19(24)22-16-8-4-7-15(12-16)21-14-5-2-1-3-6-14/h1-12,21H,(H,22,24). The fourth-order valence-corrected chi connectivity index (χ4v) is 2.58. The molecule has 0 aliphatic rings. The molecule has 0 atom stereocenters. The number of nitro benzene ring substituents is 1. The first kappa shape index (κ1) is 17.4. The number of nitrogens with zero attached hydrogens (tertiary/aromatic N) is 1. The summed E-state index contributed by atoms with van der Waals surface area (Å²) in [6, 6.07) is 20.5. The number of amides is 1. The number of halogens is 1. The van der Waals surface area contributed by atoms with Gasteiger partial charge in [-0.15, -0.1) is 0 Å². The highest BCUT2D eigenvalue weighted by molar-refractivity contribution is 6.31. The summed E-state index contributed by atoms with van der Waals surface area (Å²) in [5.41, 5.74) is 1.79. The highest BCUT2D eigenvalue weighted by atomic mass is 35.5. The maximum absolute atomic E-state index is 12.5. The Morgan fingerprint density at radius 3 is 2.31 bits per heavy atom. The molecule has 0 aliphatic heterocycles. The molecule has 3 aromatic rings. The number of carbonyl (C=O) groups is 1. The SMILES string of the molecule is O=C(Nc1cccc(Nc2ccccc2)c1)c1cc(Cl)ccc1[N+](=O)[O-]. The van der Waals surface area contributed by atoms with Gasteiger partial charge in [-0.1, -0.05) is 35.9 Å². The molecule has 1 amide bonds. The normalized spacial score (nSPS) is 10.2. The van der Waals surface area contributed by atoms with E-state index in [1.54, 1.807) is 18.2 Å². The Balaban J connectivity index is 1.81. The Hall–Kier alpha value is -3.38. The van der Waals surface area contributed by atoms with Crippen LogP contribution < -0.4 is 10.6 Å². The Bertz CT molecular complexity index is 961. The topological polar surface area (TPSA) is 84.3 Å². The van der Waals surface area contributed by atoms with Gasteiger partial charge < -0.3 is 10.6 Å². The Morgan fingerprint density at radius 1 is 0.885 bits per heavy atom. The highest BCUT2D eigenvalue weighted by Crippen LogP contribution is 2.25. The van der Waals surface area contributed by atoms with E-state index in [0.29, 0.717) is 5.69 Å². The molecule has 26 heavy (non-hydrogen) atoms. The quantitative estimate of drug-likeness (QED) is 0.476. The zero-order valence-corrected chi connectivity index (χ0v) is 14.2. The van der Waals surface area contributed by atoms with Gasteiger partial charge in [0.25, 0.3) is 11.6 Å². The van der Waals surface area contributed by atoms with E-state index >= 15 is 0 Å². The van der Waals surface area contributed by atoms with Crippen molar-refractivity contribution < 1.29 is 9.72 Å². The van der Waals surface area contributed by atoms with Crippen LogP contribution in [0, 0.1) is 10.1 Å². The van der Waals surface area contributed by atoms with Crippen LogP contribution in [0.3, 0.4) is 0 Å². The van der Waals surface area contributed by atoms with Crippen LogP contribution in [0.2, 0.25) is 5.02 Å². The van der Waals surface area contributed by atoms with Crippen LogP contribution >= 0.6 is 11.6 Å². The zero-order chi connectivity index (χ0) is 18.5. The summed E-state index contributed by atoms with van der Waals surface area (Å²) in [6.45, 7) is 0. The van der Waals surface area contributed by atoms with Crippen LogP contribution in [0.1, 0.15) is 10.4 Å². The summed E-state index contributed by atoms with van der Waals surface area (Å²) in [5.74, 6) is -0.601. The molecule has 3 rings (SSSR count). The van der Waals surface area contributed by atoms with E-state index in [2.05, 4.69) is 10.6 Å². The van der Waals surface area contributed by atoms with Crippen molar-refractivity contribution in [2.45, 2.75) is 0 Å². The van der Waals surface area contributed by atoms with E-state index in [1.807, 2.05) is 36.4 Å². The summed E-state index contributed by atoms with van der Waals surface area (Å²) in [6.07, 6.45) is 0. The molecule has 0 saturated carbocycles. The van der Waals surface area contributed by atoms with Gasteiger partial charge in [-0.05, 0) is 42.5 Å². The molecule has 0 aromatic heterocycles. The first-order chi connectivity index (χ1) is 12.5. The van der Waals surface area contributed by atoms with Gasteiger partial charge in [0.05, 0.1) is 4.92 Å². The monoisotopic (exact) mass is 367 g/mol. The largest absolute Gasteiger partial charge is 0.355 e. The number of anilines is 3. The van der Waals surface area contributed by atoms with E-state index in [4.69, 9.17) is 11.6 Å². The van der Waals surface area contributed by atoms with Crippen molar-refractivity contribution in [3.05, 3.63) is 93.5 Å². The fraction of sp³-hybridized carbons (Fsp3) is 0. The summed E-state index contributed by atoms with van der Waals surface area (Å²) >= 11 is 5.87. The minimum atomic E-state index is -0.612. The van der Waals surface area contributed by atoms with E-state index < -0.39 is 10.8 Å². The molecule has 6 nitrogen and oxygen atoms in total. The van der Waals surface area contributed by atoms with Crippen LogP contribution in [0.5, 0.6) is 0 Å². The maximum Gasteiger partial charge on any atom is 0.282 e. The molecule has 0 aliphatic carbocycles. The molecule has 0 bridgehead atoms. The number of carbonyl (C=O) groups excluding carboxylic acids is 1. The molecule has 130 valence electrons. The van der Waals surface area contributed by atoms with Crippen LogP contribution in [0.25, 0.3) is 0 Å². The molecule has 0 unspecified atom stereocenters. The minimum absolute atomic E-state index is 0.0936. The summed E-state index contributed by atoms with van der Waals surface area (Å²) in [5, 5.41) is 17.3. The lowest BCUT2D eigenvalue weighted by Gasteiger charge is -2.10. The van der Waals surface area contributed by atoms with Crippen molar-refractivity contribution in [3.8, 4) is 0 Å². The molecule has 7 heteroatoms. The lowest BCUT2D eigenvalue weighted by molar-refractivity contribution is -0.385.